The third-order valence-electron chi connectivity index (χ3n) is 3.42. The third kappa shape index (κ3) is 2.32. The molecule has 0 amide bonds. The van der Waals surface area contributed by atoms with Gasteiger partial charge in [0, 0.05) is 5.56 Å². The van der Waals surface area contributed by atoms with Crippen LogP contribution in [0.1, 0.15) is 25.5 Å². The van der Waals surface area contributed by atoms with E-state index in [1.54, 1.807) is 0 Å². The molecule has 20 heavy (non-hydrogen) atoms. The zero-order valence-corrected chi connectivity index (χ0v) is 11.6. The van der Waals surface area contributed by atoms with Crippen LogP contribution in [0.2, 0.25) is 0 Å². The van der Waals surface area contributed by atoms with Crippen molar-refractivity contribution in [3.63, 3.8) is 0 Å². The quantitative estimate of drug-likeness (QED) is 0.774. The molecule has 0 saturated heterocycles. The molecule has 3 aromatic rings. The molecule has 1 unspecified atom stereocenters. The predicted octanol–water partition coefficient (Wildman–Crippen LogP) is 4.18. The van der Waals surface area contributed by atoms with Gasteiger partial charge in [-0.15, -0.1) is 0 Å². The number of aliphatic hydroxyl groups excluding tert-OH is 1. The lowest BCUT2D eigenvalue weighted by Crippen LogP contribution is -2.04. The summed E-state index contributed by atoms with van der Waals surface area (Å²) >= 11 is 0. The molecule has 0 bridgehead atoms. The van der Waals surface area contributed by atoms with E-state index in [2.05, 4.69) is 4.98 Å². The second-order valence-electron chi connectivity index (χ2n) is 5.30. The average molecular weight is 267 g/mol. The van der Waals surface area contributed by atoms with Gasteiger partial charge in [-0.25, -0.2) is 4.98 Å². The first-order chi connectivity index (χ1) is 9.65. The van der Waals surface area contributed by atoms with Crippen LogP contribution in [0.15, 0.2) is 52.9 Å². The van der Waals surface area contributed by atoms with E-state index in [1.165, 1.54) is 0 Å². The van der Waals surface area contributed by atoms with Crippen molar-refractivity contribution in [1.29, 1.82) is 0 Å². The van der Waals surface area contributed by atoms with E-state index in [9.17, 15) is 5.11 Å². The van der Waals surface area contributed by atoms with Gasteiger partial charge in [-0.3, -0.25) is 0 Å². The molecule has 0 radical (unpaired) electrons. The fourth-order valence-corrected chi connectivity index (χ4v) is 2.20. The van der Waals surface area contributed by atoms with Crippen LogP contribution in [-0.4, -0.2) is 10.1 Å². The van der Waals surface area contributed by atoms with Gasteiger partial charge in [-0.2, -0.15) is 0 Å². The van der Waals surface area contributed by atoms with E-state index in [4.69, 9.17) is 4.42 Å². The molecule has 0 fully saturated rings. The van der Waals surface area contributed by atoms with Crippen molar-refractivity contribution in [1.82, 2.24) is 4.98 Å². The standard InChI is InChI=1S/C17H17NO2/c1-11(2)16(19)12-7-9-13(10-8-12)17-18-14-5-3-4-6-15(14)20-17/h3-11,16,19H,1-2H3. The summed E-state index contributed by atoms with van der Waals surface area (Å²) in [4.78, 5) is 4.46. The summed E-state index contributed by atoms with van der Waals surface area (Å²) in [5.41, 5.74) is 3.48. The van der Waals surface area contributed by atoms with E-state index >= 15 is 0 Å². The fourth-order valence-electron chi connectivity index (χ4n) is 2.20. The van der Waals surface area contributed by atoms with Crippen LogP contribution in [0.3, 0.4) is 0 Å². The van der Waals surface area contributed by atoms with Gasteiger partial charge in [0.05, 0.1) is 6.10 Å². The molecule has 1 aromatic heterocycles. The number of para-hydroxylation sites is 2. The summed E-state index contributed by atoms with van der Waals surface area (Å²) in [7, 11) is 0. The highest BCUT2D eigenvalue weighted by molar-refractivity contribution is 5.75. The second kappa shape index (κ2) is 5.10. The Morgan fingerprint density at radius 2 is 1.70 bits per heavy atom. The topological polar surface area (TPSA) is 46.3 Å². The van der Waals surface area contributed by atoms with Gasteiger partial charge in [0.15, 0.2) is 5.58 Å². The maximum absolute atomic E-state index is 10.0. The fraction of sp³-hybridized carbons (Fsp3) is 0.235. The van der Waals surface area contributed by atoms with Crippen LogP contribution in [0.25, 0.3) is 22.6 Å². The van der Waals surface area contributed by atoms with E-state index in [0.29, 0.717) is 5.89 Å². The van der Waals surface area contributed by atoms with Gasteiger partial charge in [0.1, 0.15) is 5.52 Å². The number of nitrogens with zero attached hydrogens (tertiary/aromatic N) is 1. The Balaban J connectivity index is 1.94. The SMILES string of the molecule is CC(C)C(O)c1ccc(-c2nc3ccccc3o2)cc1. The maximum atomic E-state index is 10.0. The highest BCUT2D eigenvalue weighted by Crippen LogP contribution is 2.27. The molecular formula is C17H17NO2. The number of hydrogen-bond donors (Lipinski definition) is 1. The summed E-state index contributed by atoms with van der Waals surface area (Å²) in [5.74, 6) is 0.807. The molecule has 0 spiro atoms. The van der Waals surface area contributed by atoms with Crippen molar-refractivity contribution < 1.29 is 9.52 Å². The molecule has 1 heterocycles. The third-order valence-corrected chi connectivity index (χ3v) is 3.42. The average Bonchev–Trinajstić information content (AvgIpc) is 2.90. The number of aliphatic hydroxyl groups is 1. The molecule has 2 aromatic carbocycles. The minimum Gasteiger partial charge on any atom is -0.436 e. The van der Waals surface area contributed by atoms with Crippen molar-refractivity contribution >= 4 is 11.1 Å². The molecule has 0 saturated carbocycles. The van der Waals surface area contributed by atoms with Crippen LogP contribution >= 0.6 is 0 Å². The second-order valence-corrected chi connectivity index (χ2v) is 5.30. The zero-order valence-electron chi connectivity index (χ0n) is 11.6. The number of hydrogen-bond acceptors (Lipinski definition) is 3. The Hall–Kier alpha value is -2.13. The minimum absolute atomic E-state index is 0.199. The molecule has 0 aliphatic heterocycles. The highest BCUT2D eigenvalue weighted by atomic mass is 16.3. The van der Waals surface area contributed by atoms with Crippen LogP contribution in [0, 0.1) is 5.92 Å². The highest BCUT2D eigenvalue weighted by Gasteiger charge is 2.13. The van der Waals surface area contributed by atoms with Crippen molar-refractivity contribution in [2.75, 3.05) is 0 Å². The van der Waals surface area contributed by atoms with Crippen LogP contribution in [0.4, 0.5) is 0 Å². The van der Waals surface area contributed by atoms with Crippen molar-refractivity contribution in [3.05, 3.63) is 54.1 Å². The normalized spacial score (nSPS) is 13.0. The van der Waals surface area contributed by atoms with Gasteiger partial charge in [-0.05, 0) is 35.7 Å². The van der Waals surface area contributed by atoms with Gasteiger partial charge in [0.25, 0.3) is 0 Å². The Kier molecular flexibility index (Phi) is 3.28. The van der Waals surface area contributed by atoms with E-state index in [-0.39, 0.29) is 5.92 Å². The van der Waals surface area contributed by atoms with Crippen LogP contribution in [0.5, 0.6) is 0 Å². The molecule has 102 valence electrons. The van der Waals surface area contributed by atoms with E-state index < -0.39 is 6.10 Å². The molecule has 0 aliphatic carbocycles. The van der Waals surface area contributed by atoms with Gasteiger partial charge in [0.2, 0.25) is 5.89 Å². The molecule has 1 atom stereocenters. The summed E-state index contributed by atoms with van der Waals surface area (Å²) in [5, 5.41) is 10.0. The number of benzene rings is 2. The number of fused-ring (bicyclic) bond motifs is 1. The minimum atomic E-state index is -0.437. The summed E-state index contributed by atoms with van der Waals surface area (Å²) < 4.78 is 5.73. The Morgan fingerprint density at radius 1 is 1.00 bits per heavy atom. The van der Waals surface area contributed by atoms with Crippen molar-refractivity contribution in [2.45, 2.75) is 20.0 Å². The molecule has 3 heteroatoms. The Labute approximate surface area is 117 Å². The molecule has 3 rings (SSSR count). The zero-order chi connectivity index (χ0) is 14.1. The predicted molar refractivity (Wildman–Crippen MR) is 79.2 cm³/mol. The lowest BCUT2D eigenvalue weighted by Gasteiger charge is -2.14. The largest absolute Gasteiger partial charge is 0.436 e. The van der Waals surface area contributed by atoms with E-state index in [0.717, 1.165) is 22.2 Å². The van der Waals surface area contributed by atoms with Gasteiger partial charge in [-0.1, -0.05) is 38.1 Å². The molecule has 3 nitrogen and oxygen atoms in total. The molecule has 0 aliphatic rings. The number of oxazole rings is 1. The smallest absolute Gasteiger partial charge is 0.227 e. The number of rotatable bonds is 3. The molecule has 1 N–H and O–H groups in total. The first-order valence-electron chi connectivity index (χ1n) is 6.79. The summed E-state index contributed by atoms with van der Waals surface area (Å²) in [6.07, 6.45) is -0.437. The lowest BCUT2D eigenvalue weighted by atomic mass is 9.98. The first-order valence-corrected chi connectivity index (χ1v) is 6.79. The van der Waals surface area contributed by atoms with E-state index in [1.807, 2.05) is 62.4 Å². The summed E-state index contributed by atoms with van der Waals surface area (Å²) in [6, 6.07) is 15.4. The number of aromatic nitrogens is 1. The van der Waals surface area contributed by atoms with Crippen LogP contribution < -0.4 is 0 Å². The molecular weight excluding hydrogens is 250 g/mol. The Bertz CT molecular complexity index is 680. The Morgan fingerprint density at radius 3 is 2.35 bits per heavy atom. The van der Waals surface area contributed by atoms with Gasteiger partial charge < -0.3 is 9.52 Å². The van der Waals surface area contributed by atoms with Crippen molar-refractivity contribution in [2.24, 2.45) is 5.92 Å². The van der Waals surface area contributed by atoms with Gasteiger partial charge >= 0.3 is 0 Å². The van der Waals surface area contributed by atoms with Crippen LogP contribution in [-0.2, 0) is 0 Å². The monoisotopic (exact) mass is 267 g/mol. The first kappa shape index (κ1) is 12.9. The maximum Gasteiger partial charge on any atom is 0.227 e. The summed E-state index contributed by atoms with van der Waals surface area (Å²) in [6.45, 7) is 4.00. The lowest BCUT2D eigenvalue weighted by molar-refractivity contribution is 0.127. The van der Waals surface area contributed by atoms with Crippen molar-refractivity contribution in [3.8, 4) is 11.5 Å².